The summed E-state index contributed by atoms with van der Waals surface area (Å²) < 4.78 is 0. The van der Waals surface area contributed by atoms with E-state index in [1.165, 1.54) is 13.0 Å². The van der Waals surface area contributed by atoms with Gasteiger partial charge in [-0.1, -0.05) is 26.5 Å². The fourth-order valence-electron chi connectivity index (χ4n) is 0.874. The summed E-state index contributed by atoms with van der Waals surface area (Å²) in [6.45, 7) is 11.6. The lowest BCUT2D eigenvalue weighted by atomic mass is 10.0. The third kappa shape index (κ3) is 9.51. The van der Waals surface area contributed by atoms with Crippen LogP contribution in [0.2, 0.25) is 0 Å². The predicted molar refractivity (Wildman–Crippen MR) is 71.3 cm³/mol. The summed E-state index contributed by atoms with van der Waals surface area (Å²) in [5.74, 6) is -1.70. The van der Waals surface area contributed by atoms with Crippen molar-refractivity contribution in [1.82, 2.24) is 0 Å². The van der Waals surface area contributed by atoms with Crippen LogP contribution in [0.4, 0.5) is 0 Å². The second kappa shape index (κ2) is 10.4. The highest BCUT2D eigenvalue weighted by Crippen LogP contribution is 2.03. The van der Waals surface area contributed by atoms with E-state index in [0.717, 1.165) is 12.8 Å². The van der Waals surface area contributed by atoms with Crippen molar-refractivity contribution in [2.45, 2.75) is 40.0 Å². The molecule has 0 spiro atoms. The monoisotopic (exact) mass is 254 g/mol. The first-order chi connectivity index (χ1) is 8.27. The average molecular weight is 254 g/mol. The van der Waals surface area contributed by atoms with E-state index in [1.807, 2.05) is 6.92 Å². The van der Waals surface area contributed by atoms with E-state index in [4.69, 9.17) is 5.11 Å². The number of carbonyl (C=O) groups excluding carboxylic acids is 2. The van der Waals surface area contributed by atoms with Crippen molar-refractivity contribution in [1.29, 1.82) is 0 Å². The molecule has 1 N–H and O–H groups in total. The zero-order chi connectivity index (χ0) is 14.7. The summed E-state index contributed by atoms with van der Waals surface area (Å²) in [5.41, 5.74) is 0.317. The first kappa shape index (κ1) is 18.6. The lowest BCUT2D eigenvalue weighted by molar-refractivity contribution is -0.133. The highest BCUT2D eigenvalue weighted by molar-refractivity contribution is 6.05. The molecule has 0 aliphatic heterocycles. The third-order valence-electron chi connectivity index (χ3n) is 2.37. The number of aliphatic carboxylic acids is 1. The van der Waals surface area contributed by atoms with Crippen LogP contribution in [0.15, 0.2) is 24.8 Å². The predicted octanol–water partition coefficient (Wildman–Crippen LogP) is 2.78. The summed E-state index contributed by atoms with van der Waals surface area (Å²) in [6, 6.07) is 0. The van der Waals surface area contributed by atoms with Gasteiger partial charge in [0.2, 0.25) is 0 Å². The van der Waals surface area contributed by atoms with Gasteiger partial charge in [0.15, 0.2) is 5.78 Å². The molecule has 0 aliphatic rings. The fourth-order valence-corrected chi connectivity index (χ4v) is 0.874. The number of hydrogen-bond acceptors (Lipinski definition) is 3. The molecule has 0 aromatic rings. The summed E-state index contributed by atoms with van der Waals surface area (Å²) >= 11 is 0. The Kier molecular flexibility index (Phi) is 10.8. The molecule has 102 valence electrons. The van der Waals surface area contributed by atoms with Gasteiger partial charge in [-0.05, 0) is 32.8 Å². The first-order valence-corrected chi connectivity index (χ1v) is 5.85. The average Bonchev–Trinajstić information content (AvgIpc) is 2.34. The van der Waals surface area contributed by atoms with Gasteiger partial charge < -0.3 is 5.11 Å². The molecule has 0 aromatic carbocycles. The normalized spacial score (nSPS) is 10.6. The molecule has 1 atom stereocenters. The van der Waals surface area contributed by atoms with Crippen LogP contribution in [0.1, 0.15) is 40.0 Å². The number of ketones is 2. The highest BCUT2D eigenvalue weighted by atomic mass is 16.4. The molecule has 0 saturated heterocycles. The topological polar surface area (TPSA) is 71.4 Å². The Bertz CT molecular complexity index is 329. The van der Waals surface area contributed by atoms with Gasteiger partial charge >= 0.3 is 5.97 Å². The summed E-state index contributed by atoms with van der Waals surface area (Å²) in [4.78, 5) is 31.2. The van der Waals surface area contributed by atoms with Gasteiger partial charge in [0.1, 0.15) is 5.78 Å². The van der Waals surface area contributed by atoms with Crippen LogP contribution >= 0.6 is 0 Å². The van der Waals surface area contributed by atoms with Crippen LogP contribution in [0.3, 0.4) is 0 Å². The molecule has 4 nitrogen and oxygen atoms in total. The Balaban J connectivity index is 0. The van der Waals surface area contributed by atoms with Gasteiger partial charge in [0, 0.05) is 5.57 Å². The minimum Gasteiger partial charge on any atom is -0.478 e. The lowest BCUT2D eigenvalue weighted by Crippen LogP contribution is -2.15. The quantitative estimate of drug-likeness (QED) is 0.560. The molecule has 0 aromatic heterocycles. The van der Waals surface area contributed by atoms with Crippen LogP contribution < -0.4 is 0 Å². The van der Waals surface area contributed by atoms with Gasteiger partial charge in [-0.25, -0.2) is 4.79 Å². The second-order valence-corrected chi connectivity index (χ2v) is 3.95. The Hall–Kier alpha value is -1.71. The van der Waals surface area contributed by atoms with E-state index in [1.54, 1.807) is 6.92 Å². The smallest absolute Gasteiger partial charge is 0.330 e. The molecule has 0 aliphatic carbocycles. The molecule has 4 heteroatoms. The first-order valence-electron chi connectivity index (χ1n) is 5.85. The van der Waals surface area contributed by atoms with Crippen molar-refractivity contribution in [3.05, 3.63) is 24.8 Å². The molecule has 0 heterocycles. The summed E-state index contributed by atoms with van der Waals surface area (Å²) in [7, 11) is 0. The largest absolute Gasteiger partial charge is 0.478 e. The fraction of sp³-hybridized carbons (Fsp3) is 0.500. The minimum atomic E-state index is -0.872. The van der Waals surface area contributed by atoms with E-state index in [9.17, 15) is 14.4 Å². The molecule has 0 fully saturated rings. The second-order valence-electron chi connectivity index (χ2n) is 3.95. The standard InChI is InChI=1S/C7H10O2.C7H12O2/c1-4-7(9)5(2)6(3)8;1-3-4-5-6(2)7(8)9/h4-5H,1H2,2-3H3;2-5H2,1H3,(H,8,9). The van der Waals surface area contributed by atoms with Crippen LogP contribution in [-0.4, -0.2) is 22.6 Å². The number of Topliss-reactive ketones (excluding diaryl/α,β-unsaturated/α-hetero) is 1. The molecule has 0 bridgehead atoms. The maximum absolute atomic E-state index is 10.6. The number of carboxylic acids is 1. The number of carbonyl (C=O) groups is 3. The Morgan fingerprint density at radius 3 is 2.06 bits per heavy atom. The molecule has 1 unspecified atom stereocenters. The van der Waals surface area contributed by atoms with Crippen molar-refractivity contribution in [2.75, 3.05) is 0 Å². The number of carboxylic acid groups (broad SMARTS) is 1. The summed E-state index contributed by atoms with van der Waals surface area (Å²) in [5, 5.41) is 8.31. The van der Waals surface area contributed by atoms with Crippen molar-refractivity contribution >= 4 is 17.5 Å². The number of rotatable bonds is 7. The number of unbranched alkanes of at least 4 members (excludes halogenated alkanes) is 1. The van der Waals surface area contributed by atoms with E-state index in [0.29, 0.717) is 12.0 Å². The molecular weight excluding hydrogens is 232 g/mol. The van der Waals surface area contributed by atoms with Crippen LogP contribution in [0.25, 0.3) is 0 Å². The van der Waals surface area contributed by atoms with Gasteiger partial charge in [0.25, 0.3) is 0 Å². The Morgan fingerprint density at radius 1 is 1.33 bits per heavy atom. The molecule has 0 radical (unpaired) electrons. The molecule has 0 amide bonds. The molecule has 0 saturated carbocycles. The van der Waals surface area contributed by atoms with Crippen molar-refractivity contribution < 1.29 is 19.5 Å². The molecule has 18 heavy (non-hydrogen) atoms. The number of hydrogen-bond donors (Lipinski definition) is 1. The van der Waals surface area contributed by atoms with Crippen molar-refractivity contribution in [2.24, 2.45) is 5.92 Å². The van der Waals surface area contributed by atoms with Gasteiger partial charge in [-0.2, -0.15) is 0 Å². The van der Waals surface area contributed by atoms with E-state index >= 15 is 0 Å². The van der Waals surface area contributed by atoms with Crippen molar-refractivity contribution in [3.63, 3.8) is 0 Å². The van der Waals surface area contributed by atoms with Gasteiger partial charge in [-0.3, -0.25) is 9.59 Å². The minimum absolute atomic E-state index is 0.111. The zero-order valence-corrected chi connectivity index (χ0v) is 11.4. The summed E-state index contributed by atoms with van der Waals surface area (Å²) in [6.07, 6.45) is 3.73. The lowest BCUT2D eigenvalue weighted by Gasteiger charge is -1.98. The molecule has 0 rings (SSSR count). The highest BCUT2D eigenvalue weighted by Gasteiger charge is 2.12. The maximum atomic E-state index is 10.6. The van der Waals surface area contributed by atoms with E-state index < -0.39 is 11.9 Å². The van der Waals surface area contributed by atoms with Gasteiger partial charge in [0.05, 0.1) is 5.92 Å². The SMILES string of the molecule is C=C(CCCC)C(=O)O.C=CC(=O)C(C)C(C)=O. The maximum Gasteiger partial charge on any atom is 0.330 e. The van der Waals surface area contributed by atoms with E-state index in [2.05, 4.69) is 13.2 Å². The van der Waals surface area contributed by atoms with Crippen LogP contribution in [-0.2, 0) is 14.4 Å². The van der Waals surface area contributed by atoms with Crippen LogP contribution in [0, 0.1) is 5.92 Å². The van der Waals surface area contributed by atoms with Crippen molar-refractivity contribution in [3.8, 4) is 0 Å². The Morgan fingerprint density at radius 2 is 1.83 bits per heavy atom. The third-order valence-corrected chi connectivity index (χ3v) is 2.37. The van der Waals surface area contributed by atoms with Gasteiger partial charge in [-0.15, -0.1) is 0 Å². The zero-order valence-electron chi connectivity index (χ0n) is 11.4. The van der Waals surface area contributed by atoms with E-state index in [-0.39, 0.29) is 11.6 Å². The van der Waals surface area contributed by atoms with Crippen LogP contribution in [0.5, 0.6) is 0 Å². The Labute approximate surface area is 108 Å². The number of allylic oxidation sites excluding steroid dienone is 1. The molecular formula is C14H22O4.